The molecule has 0 atom stereocenters. The molecule has 0 saturated heterocycles. The Morgan fingerprint density at radius 2 is 1.57 bits per heavy atom. The fourth-order valence-electron chi connectivity index (χ4n) is 1.86. The van der Waals surface area contributed by atoms with Crippen molar-refractivity contribution < 1.29 is 23.9 Å². The molecule has 0 fully saturated rings. The zero-order chi connectivity index (χ0) is 21.5. The number of hydrogen-bond donors (Lipinski definition) is 0. The number of hydrogen-bond acceptors (Lipinski definition) is 8. The highest BCUT2D eigenvalue weighted by Gasteiger charge is 2.35. The fourth-order valence-corrected chi connectivity index (χ4v) is 2.76. The molecule has 0 saturated carbocycles. The molecular formula is C18H30N4O5S. The van der Waals surface area contributed by atoms with Crippen LogP contribution >= 0.6 is 11.8 Å². The molecule has 0 N–H and O–H groups in total. The summed E-state index contributed by atoms with van der Waals surface area (Å²) in [6.45, 7) is 9.80. The third-order valence-corrected chi connectivity index (χ3v) is 4.46. The number of nitrogens with zero attached hydrogens (tertiary/aromatic N) is 4. The van der Waals surface area contributed by atoms with Gasteiger partial charge >= 0.3 is 18.0 Å². The second-order valence-electron chi connectivity index (χ2n) is 7.39. The second kappa shape index (κ2) is 10.4. The molecule has 1 rings (SSSR count). The monoisotopic (exact) mass is 414 g/mol. The van der Waals surface area contributed by atoms with Gasteiger partial charge in [0.05, 0.1) is 13.2 Å². The molecule has 10 heteroatoms. The van der Waals surface area contributed by atoms with E-state index < -0.39 is 28.6 Å². The van der Waals surface area contributed by atoms with Gasteiger partial charge < -0.3 is 14.4 Å². The molecule has 9 nitrogen and oxygen atoms in total. The van der Waals surface area contributed by atoms with Crippen LogP contribution in [0.2, 0.25) is 0 Å². The van der Waals surface area contributed by atoms with E-state index in [2.05, 4.69) is 10.1 Å². The second-order valence-corrected chi connectivity index (χ2v) is 8.46. The summed E-state index contributed by atoms with van der Waals surface area (Å²) in [5.41, 5.74) is -0.423. The SMILES string of the molecule is CCCOC(=O)C(Sc1nc(C(C)(C)C)nn1C(=O)N(C)C)C(=O)OCCC. The van der Waals surface area contributed by atoms with Gasteiger partial charge in [-0.2, -0.15) is 4.68 Å². The van der Waals surface area contributed by atoms with Crippen molar-refractivity contribution in [1.82, 2.24) is 19.7 Å². The smallest absolute Gasteiger partial charge is 0.346 e. The Hall–Kier alpha value is -2.10. The average Bonchev–Trinajstić information content (AvgIpc) is 3.05. The minimum absolute atomic E-state index is 0.135. The van der Waals surface area contributed by atoms with Gasteiger partial charge in [0.15, 0.2) is 11.0 Å². The Bertz CT molecular complexity index is 677. The van der Waals surface area contributed by atoms with Gasteiger partial charge in [0.2, 0.25) is 5.25 Å². The van der Waals surface area contributed by atoms with Gasteiger partial charge in [0.1, 0.15) is 0 Å². The molecule has 0 aliphatic heterocycles. The minimum Gasteiger partial charge on any atom is -0.464 e. The molecule has 0 spiro atoms. The van der Waals surface area contributed by atoms with Gasteiger partial charge in [0.25, 0.3) is 0 Å². The number of ether oxygens (including phenoxy) is 2. The first-order valence-electron chi connectivity index (χ1n) is 9.22. The highest BCUT2D eigenvalue weighted by molar-refractivity contribution is 8.01. The fraction of sp³-hybridized carbons (Fsp3) is 0.722. The molecule has 1 aromatic rings. The Kier molecular flexibility index (Phi) is 8.93. The van der Waals surface area contributed by atoms with Gasteiger partial charge in [-0.15, -0.1) is 5.10 Å². The molecule has 0 aliphatic carbocycles. The molecule has 0 aliphatic rings. The number of amides is 1. The summed E-state index contributed by atoms with van der Waals surface area (Å²) >= 11 is 0.808. The summed E-state index contributed by atoms with van der Waals surface area (Å²) in [7, 11) is 3.16. The molecule has 1 heterocycles. The van der Waals surface area contributed by atoms with Crippen molar-refractivity contribution in [3.8, 4) is 0 Å². The van der Waals surface area contributed by atoms with Gasteiger partial charge in [-0.3, -0.25) is 9.59 Å². The van der Waals surface area contributed by atoms with Crippen LogP contribution in [0.5, 0.6) is 0 Å². The molecule has 28 heavy (non-hydrogen) atoms. The lowest BCUT2D eigenvalue weighted by Crippen LogP contribution is -2.33. The molecule has 0 bridgehead atoms. The lowest BCUT2D eigenvalue weighted by atomic mass is 9.96. The third-order valence-electron chi connectivity index (χ3n) is 3.36. The highest BCUT2D eigenvalue weighted by Crippen LogP contribution is 2.28. The van der Waals surface area contributed by atoms with Gasteiger partial charge in [-0.1, -0.05) is 46.4 Å². The largest absolute Gasteiger partial charge is 0.464 e. The van der Waals surface area contributed by atoms with E-state index in [9.17, 15) is 14.4 Å². The van der Waals surface area contributed by atoms with Crippen LogP contribution < -0.4 is 0 Å². The quantitative estimate of drug-likeness (QED) is 0.363. The maximum absolute atomic E-state index is 12.5. The standard InChI is InChI=1S/C18H30N4O5S/c1-8-10-26-13(23)12(14(24)27-11-9-2)28-16-19-15(18(3,4)5)20-22(16)17(25)21(6)7/h12H,8-11H2,1-7H3. The van der Waals surface area contributed by atoms with Gasteiger partial charge in [-0.25, -0.2) is 9.78 Å². The van der Waals surface area contributed by atoms with E-state index in [0.717, 1.165) is 16.4 Å². The van der Waals surface area contributed by atoms with E-state index >= 15 is 0 Å². The first-order valence-corrected chi connectivity index (χ1v) is 10.1. The Morgan fingerprint density at radius 3 is 1.96 bits per heavy atom. The molecule has 0 aromatic carbocycles. The number of esters is 2. The van der Waals surface area contributed by atoms with Crippen LogP contribution in [0.25, 0.3) is 0 Å². The van der Waals surface area contributed by atoms with Crippen LogP contribution in [0.3, 0.4) is 0 Å². The van der Waals surface area contributed by atoms with Crippen LogP contribution in [-0.2, 0) is 24.5 Å². The summed E-state index contributed by atoms with van der Waals surface area (Å²) in [6, 6.07) is -0.437. The summed E-state index contributed by atoms with van der Waals surface area (Å²) in [5.74, 6) is -1.03. The highest BCUT2D eigenvalue weighted by atomic mass is 32.2. The van der Waals surface area contributed by atoms with Gasteiger partial charge in [0, 0.05) is 19.5 Å². The zero-order valence-electron chi connectivity index (χ0n) is 17.6. The predicted octanol–water partition coefficient (Wildman–Crippen LogP) is 2.47. The summed E-state index contributed by atoms with van der Waals surface area (Å²) < 4.78 is 11.4. The molecular weight excluding hydrogens is 384 g/mol. The molecule has 1 amide bonds. The van der Waals surface area contributed by atoms with Crippen LogP contribution in [0, 0.1) is 0 Å². The lowest BCUT2D eigenvalue weighted by molar-refractivity contribution is -0.153. The van der Waals surface area contributed by atoms with E-state index in [1.165, 1.54) is 4.90 Å². The number of rotatable bonds is 8. The van der Waals surface area contributed by atoms with Crippen LogP contribution in [-0.4, -0.2) is 70.2 Å². The maximum Gasteiger partial charge on any atom is 0.346 e. The van der Waals surface area contributed by atoms with Crippen molar-refractivity contribution in [2.24, 2.45) is 0 Å². The first kappa shape index (κ1) is 23.9. The van der Waals surface area contributed by atoms with Crippen molar-refractivity contribution in [2.45, 2.75) is 63.3 Å². The number of thioether (sulfide) groups is 1. The topological polar surface area (TPSA) is 104 Å². The summed E-state index contributed by atoms with van der Waals surface area (Å²) in [4.78, 5) is 43.1. The van der Waals surface area contributed by atoms with Crippen LogP contribution in [0.15, 0.2) is 5.16 Å². The van der Waals surface area contributed by atoms with E-state index in [0.29, 0.717) is 18.7 Å². The molecule has 1 aromatic heterocycles. The Labute approximate surface area is 170 Å². The van der Waals surface area contributed by atoms with E-state index in [-0.39, 0.29) is 18.4 Å². The Morgan fingerprint density at radius 1 is 1.07 bits per heavy atom. The number of carbonyl (C=O) groups excluding carboxylic acids is 3. The normalized spacial score (nSPS) is 11.4. The van der Waals surface area contributed by atoms with Gasteiger partial charge in [-0.05, 0) is 12.8 Å². The van der Waals surface area contributed by atoms with Crippen molar-refractivity contribution in [3.63, 3.8) is 0 Å². The minimum atomic E-state index is -1.29. The first-order chi connectivity index (χ1) is 13.0. The Balaban J connectivity index is 3.27. The number of carbonyl (C=O) groups is 3. The van der Waals surface area contributed by atoms with E-state index in [1.54, 1.807) is 14.1 Å². The number of aromatic nitrogens is 3. The van der Waals surface area contributed by atoms with E-state index in [1.807, 2.05) is 34.6 Å². The van der Waals surface area contributed by atoms with Crippen LogP contribution in [0.4, 0.5) is 4.79 Å². The molecule has 158 valence electrons. The maximum atomic E-state index is 12.5. The van der Waals surface area contributed by atoms with Crippen molar-refractivity contribution in [2.75, 3.05) is 27.3 Å². The summed E-state index contributed by atoms with van der Waals surface area (Å²) in [6.07, 6.45) is 1.24. The van der Waals surface area contributed by atoms with Crippen molar-refractivity contribution in [3.05, 3.63) is 5.82 Å². The molecule has 0 radical (unpaired) electrons. The van der Waals surface area contributed by atoms with Crippen molar-refractivity contribution in [1.29, 1.82) is 0 Å². The zero-order valence-corrected chi connectivity index (χ0v) is 18.5. The van der Waals surface area contributed by atoms with Crippen LogP contribution in [0.1, 0.15) is 53.3 Å². The predicted molar refractivity (Wildman–Crippen MR) is 105 cm³/mol. The molecule has 0 unspecified atom stereocenters. The summed E-state index contributed by atoms with van der Waals surface area (Å²) in [5, 5.41) is 3.13. The van der Waals surface area contributed by atoms with E-state index in [4.69, 9.17) is 9.47 Å². The third kappa shape index (κ3) is 6.50. The van der Waals surface area contributed by atoms with Crippen molar-refractivity contribution >= 4 is 29.7 Å². The average molecular weight is 415 g/mol. The lowest BCUT2D eigenvalue weighted by Gasteiger charge is -2.15.